The highest BCUT2D eigenvalue weighted by molar-refractivity contribution is 7.92. The second-order valence-corrected chi connectivity index (χ2v) is 6.78. The number of anilines is 1. The Morgan fingerprint density at radius 1 is 1.29 bits per heavy atom. The quantitative estimate of drug-likeness (QED) is 0.804. The van der Waals surface area contributed by atoms with Crippen LogP contribution in [0.1, 0.15) is 17.1 Å². The van der Waals surface area contributed by atoms with Gasteiger partial charge in [0.15, 0.2) is 0 Å². The van der Waals surface area contributed by atoms with E-state index in [1.165, 1.54) is 25.2 Å². The van der Waals surface area contributed by atoms with Crippen LogP contribution in [0.3, 0.4) is 0 Å². The molecule has 0 radical (unpaired) electrons. The highest BCUT2D eigenvalue weighted by atomic mass is 35.5. The number of hydrogen-bond acceptors (Lipinski definition) is 3. The van der Waals surface area contributed by atoms with Crippen LogP contribution < -0.4 is 4.31 Å². The topological polar surface area (TPSA) is 50.5 Å². The lowest BCUT2D eigenvalue weighted by atomic mass is 10.3. The summed E-state index contributed by atoms with van der Waals surface area (Å²) >= 11 is 5.83. The fourth-order valence-corrected chi connectivity index (χ4v) is 4.15. The van der Waals surface area contributed by atoms with Crippen molar-refractivity contribution in [1.29, 1.82) is 0 Å². The van der Waals surface area contributed by atoms with Gasteiger partial charge in [-0.1, -0.05) is 6.07 Å². The third-order valence-corrected chi connectivity index (χ3v) is 5.50. The summed E-state index contributed by atoms with van der Waals surface area (Å²) in [7, 11) is -2.51. The average Bonchev–Trinajstić information content (AvgIpc) is 2.72. The summed E-state index contributed by atoms with van der Waals surface area (Å²) in [5.74, 6) is 0.252. The molecule has 7 heteroatoms. The molecule has 2 aromatic rings. The summed E-state index contributed by atoms with van der Waals surface area (Å²) in [5, 5.41) is 0. The van der Waals surface area contributed by atoms with E-state index in [9.17, 15) is 12.8 Å². The Labute approximate surface area is 128 Å². The van der Waals surface area contributed by atoms with Gasteiger partial charge in [0.25, 0.3) is 10.0 Å². The SMILES string of the molecule is Cc1oc(C)c(S(=O)(=O)N(C)c2cccc(F)c2)c1CCl. The van der Waals surface area contributed by atoms with E-state index in [4.69, 9.17) is 16.0 Å². The van der Waals surface area contributed by atoms with Crippen molar-refractivity contribution >= 4 is 27.3 Å². The molecule has 4 nitrogen and oxygen atoms in total. The lowest BCUT2D eigenvalue weighted by Gasteiger charge is -2.19. The van der Waals surface area contributed by atoms with Gasteiger partial charge in [-0.3, -0.25) is 4.31 Å². The largest absolute Gasteiger partial charge is 0.465 e. The van der Waals surface area contributed by atoms with Crippen molar-refractivity contribution in [2.24, 2.45) is 0 Å². The van der Waals surface area contributed by atoms with Crippen molar-refractivity contribution in [2.45, 2.75) is 24.6 Å². The van der Waals surface area contributed by atoms with Gasteiger partial charge in [-0.05, 0) is 32.0 Å². The maximum Gasteiger partial charge on any atom is 0.267 e. The number of rotatable bonds is 4. The summed E-state index contributed by atoms with van der Waals surface area (Å²) in [6.07, 6.45) is 0. The third kappa shape index (κ3) is 2.78. The molecule has 1 aromatic carbocycles. The van der Waals surface area contributed by atoms with E-state index < -0.39 is 15.8 Å². The number of halogens is 2. The molecule has 2 rings (SSSR count). The molecule has 1 heterocycles. The molecule has 0 aliphatic rings. The highest BCUT2D eigenvalue weighted by Gasteiger charge is 2.30. The predicted molar refractivity (Wildman–Crippen MR) is 79.7 cm³/mol. The first-order chi connectivity index (χ1) is 9.78. The summed E-state index contributed by atoms with van der Waals surface area (Å²) in [4.78, 5) is 0.0433. The second-order valence-electron chi connectivity index (χ2n) is 4.61. The van der Waals surface area contributed by atoms with Crippen molar-refractivity contribution in [1.82, 2.24) is 0 Å². The van der Waals surface area contributed by atoms with Crippen LogP contribution in [0.25, 0.3) is 0 Å². The van der Waals surface area contributed by atoms with E-state index in [1.807, 2.05) is 0 Å². The Kier molecular flexibility index (Phi) is 4.30. The van der Waals surface area contributed by atoms with E-state index >= 15 is 0 Å². The van der Waals surface area contributed by atoms with Crippen molar-refractivity contribution in [3.05, 3.63) is 47.2 Å². The first kappa shape index (κ1) is 15.9. The molecular formula is C14H15ClFNO3S. The van der Waals surface area contributed by atoms with Gasteiger partial charge in [0.1, 0.15) is 22.2 Å². The molecule has 0 saturated heterocycles. The minimum Gasteiger partial charge on any atom is -0.465 e. The first-order valence-corrected chi connectivity index (χ1v) is 8.15. The van der Waals surface area contributed by atoms with Crippen LogP contribution in [0.5, 0.6) is 0 Å². The summed E-state index contributed by atoms with van der Waals surface area (Å²) in [6.45, 7) is 3.22. The zero-order valence-corrected chi connectivity index (χ0v) is 13.4. The van der Waals surface area contributed by atoms with Crippen molar-refractivity contribution < 1.29 is 17.2 Å². The molecule has 0 fully saturated rings. The molecule has 0 aliphatic heterocycles. The summed E-state index contributed by atoms with van der Waals surface area (Å²) < 4.78 is 45.2. The van der Waals surface area contributed by atoms with Crippen molar-refractivity contribution in [3.63, 3.8) is 0 Å². The van der Waals surface area contributed by atoms with Crippen LogP contribution in [0.15, 0.2) is 33.6 Å². The van der Waals surface area contributed by atoms with Crippen molar-refractivity contribution in [2.75, 3.05) is 11.4 Å². The predicted octanol–water partition coefficient (Wildman–Crippen LogP) is 3.60. The van der Waals surface area contributed by atoms with Gasteiger partial charge in [0.2, 0.25) is 0 Å². The zero-order valence-electron chi connectivity index (χ0n) is 11.9. The maximum absolute atomic E-state index is 13.3. The molecule has 1 aromatic heterocycles. The number of nitrogens with zero attached hydrogens (tertiary/aromatic N) is 1. The fourth-order valence-electron chi connectivity index (χ4n) is 2.15. The second kappa shape index (κ2) is 5.69. The molecule has 0 saturated carbocycles. The number of aryl methyl sites for hydroxylation is 2. The fraction of sp³-hybridized carbons (Fsp3) is 0.286. The van der Waals surface area contributed by atoms with Gasteiger partial charge < -0.3 is 4.42 Å². The Bertz CT molecular complexity index is 771. The van der Waals surface area contributed by atoms with Gasteiger partial charge in [-0.25, -0.2) is 12.8 Å². The van der Waals surface area contributed by atoms with Gasteiger partial charge in [0.05, 0.1) is 11.6 Å². The molecule has 0 atom stereocenters. The Morgan fingerprint density at radius 2 is 1.95 bits per heavy atom. The number of hydrogen-bond donors (Lipinski definition) is 0. The number of benzene rings is 1. The van der Waals surface area contributed by atoms with E-state index in [0.717, 1.165) is 10.4 Å². The highest BCUT2D eigenvalue weighted by Crippen LogP contribution is 2.32. The standard InChI is InChI=1S/C14H15ClFNO3S/c1-9-13(8-15)14(10(2)20-9)21(18,19)17(3)12-6-4-5-11(16)7-12/h4-7H,8H2,1-3H3. The zero-order chi connectivity index (χ0) is 15.8. The molecule has 0 aliphatic carbocycles. The minimum atomic E-state index is -3.87. The van der Waals surface area contributed by atoms with Crippen LogP contribution >= 0.6 is 11.6 Å². The summed E-state index contributed by atoms with van der Waals surface area (Å²) in [5.41, 5.74) is 0.659. The van der Waals surface area contributed by atoms with E-state index in [1.54, 1.807) is 13.8 Å². The molecule has 114 valence electrons. The van der Waals surface area contributed by atoms with Gasteiger partial charge in [0, 0.05) is 12.6 Å². The van der Waals surface area contributed by atoms with Crippen LogP contribution in [0, 0.1) is 19.7 Å². The average molecular weight is 332 g/mol. The lowest BCUT2D eigenvalue weighted by Crippen LogP contribution is -2.27. The molecule has 0 unspecified atom stereocenters. The van der Waals surface area contributed by atoms with Gasteiger partial charge in [-0.15, -0.1) is 11.6 Å². The van der Waals surface area contributed by atoms with Crippen LogP contribution in [-0.2, 0) is 15.9 Å². The Hall–Kier alpha value is -1.53. The molecule has 0 N–H and O–H groups in total. The van der Waals surface area contributed by atoms with E-state index in [-0.39, 0.29) is 22.2 Å². The maximum atomic E-state index is 13.3. The van der Waals surface area contributed by atoms with E-state index in [0.29, 0.717) is 11.3 Å². The molecule has 0 amide bonds. The minimum absolute atomic E-state index is 0.0225. The Morgan fingerprint density at radius 3 is 2.52 bits per heavy atom. The molecule has 21 heavy (non-hydrogen) atoms. The molecule has 0 bridgehead atoms. The lowest BCUT2D eigenvalue weighted by molar-refractivity contribution is 0.495. The van der Waals surface area contributed by atoms with Crippen LogP contribution in [0.4, 0.5) is 10.1 Å². The van der Waals surface area contributed by atoms with Crippen molar-refractivity contribution in [3.8, 4) is 0 Å². The normalized spacial score (nSPS) is 11.7. The third-order valence-electron chi connectivity index (χ3n) is 3.25. The first-order valence-electron chi connectivity index (χ1n) is 6.18. The number of alkyl halides is 1. The smallest absolute Gasteiger partial charge is 0.267 e. The number of furan rings is 1. The molecular weight excluding hydrogens is 317 g/mol. The number of sulfonamides is 1. The van der Waals surface area contributed by atoms with E-state index in [2.05, 4.69) is 0 Å². The Balaban J connectivity index is 2.57. The van der Waals surface area contributed by atoms with Gasteiger partial charge >= 0.3 is 0 Å². The van der Waals surface area contributed by atoms with Crippen LogP contribution in [-0.4, -0.2) is 15.5 Å². The summed E-state index contributed by atoms with van der Waals surface area (Å²) in [6, 6.07) is 5.37. The van der Waals surface area contributed by atoms with Crippen LogP contribution in [0.2, 0.25) is 0 Å². The molecule has 0 spiro atoms. The van der Waals surface area contributed by atoms with Gasteiger partial charge in [-0.2, -0.15) is 0 Å². The monoisotopic (exact) mass is 331 g/mol.